The predicted octanol–water partition coefficient (Wildman–Crippen LogP) is 2.91. The Kier molecular flexibility index (Phi) is 2.24. The number of benzene rings is 1. The number of fused-ring (bicyclic) bond motifs is 6. The van der Waals surface area contributed by atoms with Crippen LogP contribution < -0.4 is 10.1 Å². The number of hydrogen-bond acceptors (Lipinski definition) is 3. The second-order valence-corrected chi connectivity index (χ2v) is 5.75. The number of hydrogen-bond donors (Lipinski definition) is 3. The average molecular weight is 304 g/mol. The van der Waals surface area contributed by atoms with E-state index < -0.39 is 5.97 Å². The summed E-state index contributed by atoms with van der Waals surface area (Å²) in [6.07, 6.45) is 9.25. The minimum Gasteiger partial charge on any atom is -0.478 e. The van der Waals surface area contributed by atoms with Gasteiger partial charge in [-0.05, 0) is 36.4 Å². The van der Waals surface area contributed by atoms with Crippen molar-refractivity contribution in [2.75, 3.05) is 0 Å². The number of nitrogens with one attached hydrogen (secondary N) is 2. The van der Waals surface area contributed by atoms with Gasteiger partial charge in [0, 0.05) is 40.1 Å². The molecule has 0 saturated heterocycles. The van der Waals surface area contributed by atoms with Gasteiger partial charge in [-0.2, -0.15) is 0 Å². The van der Waals surface area contributed by atoms with E-state index in [2.05, 4.69) is 10.3 Å². The molecule has 1 aromatic carbocycles. The Morgan fingerprint density at radius 1 is 1.22 bits per heavy atom. The fourth-order valence-corrected chi connectivity index (χ4v) is 3.46. The molecule has 1 unspecified atom stereocenters. The SMILES string of the molecule is O=C(O)C1=CNC2=CC=C3Oc4ccc5[nH]ccc5c4C=C3C21. The number of carboxylic acid groups (broad SMARTS) is 1. The smallest absolute Gasteiger partial charge is 0.334 e. The van der Waals surface area contributed by atoms with Crippen LogP contribution in [-0.4, -0.2) is 16.1 Å². The van der Waals surface area contributed by atoms with Crippen molar-refractivity contribution in [2.45, 2.75) is 0 Å². The highest BCUT2D eigenvalue weighted by molar-refractivity contribution is 5.95. The molecule has 3 heterocycles. The van der Waals surface area contributed by atoms with E-state index in [1.54, 1.807) is 6.20 Å². The van der Waals surface area contributed by atoms with Crippen molar-refractivity contribution in [1.82, 2.24) is 10.3 Å². The molecule has 0 fully saturated rings. The highest BCUT2D eigenvalue weighted by atomic mass is 16.5. The van der Waals surface area contributed by atoms with Crippen molar-refractivity contribution in [3.8, 4) is 5.75 Å². The molecule has 0 amide bonds. The third-order valence-corrected chi connectivity index (χ3v) is 4.53. The second kappa shape index (κ2) is 4.16. The number of rotatable bonds is 1. The Bertz CT molecular complexity index is 1000. The predicted molar refractivity (Wildman–Crippen MR) is 85.4 cm³/mol. The van der Waals surface area contributed by atoms with Crippen molar-refractivity contribution < 1.29 is 14.6 Å². The number of aromatic nitrogens is 1. The average Bonchev–Trinajstić information content (AvgIpc) is 3.19. The third-order valence-electron chi connectivity index (χ3n) is 4.53. The molecule has 2 aromatic rings. The van der Waals surface area contributed by atoms with E-state index in [0.717, 1.165) is 33.5 Å². The highest BCUT2D eigenvalue weighted by Gasteiger charge is 2.37. The Morgan fingerprint density at radius 3 is 3.00 bits per heavy atom. The molecule has 1 atom stereocenters. The molecular formula is C18H12N2O3. The van der Waals surface area contributed by atoms with E-state index in [0.29, 0.717) is 11.3 Å². The molecule has 23 heavy (non-hydrogen) atoms. The first-order valence-corrected chi connectivity index (χ1v) is 7.34. The summed E-state index contributed by atoms with van der Waals surface area (Å²) in [4.78, 5) is 14.7. The molecule has 2 aliphatic heterocycles. The molecule has 1 aliphatic carbocycles. The summed E-state index contributed by atoms with van der Waals surface area (Å²) in [7, 11) is 0. The number of ether oxygens (including phenoxy) is 1. The summed E-state index contributed by atoms with van der Waals surface area (Å²) in [6.45, 7) is 0. The maximum Gasteiger partial charge on any atom is 0.334 e. The van der Waals surface area contributed by atoms with Gasteiger partial charge in [0.05, 0.1) is 11.5 Å². The lowest BCUT2D eigenvalue weighted by Crippen LogP contribution is -2.22. The topological polar surface area (TPSA) is 74.3 Å². The van der Waals surface area contributed by atoms with Gasteiger partial charge < -0.3 is 20.1 Å². The summed E-state index contributed by atoms with van der Waals surface area (Å²) in [5.74, 6) is 0.265. The lowest BCUT2D eigenvalue weighted by Gasteiger charge is -2.28. The molecule has 3 N–H and O–H groups in total. The largest absolute Gasteiger partial charge is 0.478 e. The van der Waals surface area contributed by atoms with Gasteiger partial charge in [0.2, 0.25) is 0 Å². The van der Waals surface area contributed by atoms with Gasteiger partial charge in [-0.1, -0.05) is 0 Å². The molecule has 0 radical (unpaired) electrons. The van der Waals surface area contributed by atoms with Gasteiger partial charge in [0.25, 0.3) is 0 Å². The Hall–Kier alpha value is -3.21. The molecule has 3 aliphatic rings. The summed E-state index contributed by atoms with van der Waals surface area (Å²) >= 11 is 0. The monoisotopic (exact) mass is 304 g/mol. The van der Waals surface area contributed by atoms with Crippen LogP contribution in [0.25, 0.3) is 17.0 Å². The van der Waals surface area contributed by atoms with E-state index in [9.17, 15) is 9.90 Å². The zero-order chi connectivity index (χ0) is 15.6. The van der Waals surface area contributed by atoms with Crippen molar-refractivity contribution in [2.24, 2.45) is 5.92 Å². The number of allylic oxidation sites excluding steroid dienone is 4. The maximum absolute atomic E-state index is 11.5. The van der Waals surface area contributed by atoms with Gasteiger partial charge in [-0.3, -0.25) is 0 Å². The van der Waals surface area contributed by atoms with Crippen LogP contribution in [0.4, 0.5) is 0 Å². The molecule has 0 spiro atoms. The highest BCUT2D eigenvalue weighted by Crippen LogP contribution is 2.45. The number of aromatic amines is 1. The van der Waals surface area contributed by atoms with Crippen LogP contribution in [0.5, 0.6) is 5.75 Å². The molecule has 5 rings (SSSR count). The number of aliphatic carboxylic acids is 1. The van der Waals surface area contributed by atoms with E-state index >= 15 is 0 Å². The summed E-state index contributed by atoms with van der Waals surface area (Å²) in [5.41, 5.74) is 4.09. The molecular weight excluding hydrogens is 292 g/mol. The third kappa shape index (κ3) is 1.59. The summed E-state index contributed by atoms with van der Waals surface area (Å²) in [5, 5.41) is 13.6. The summed E-state index contributed by atoms with van der Waals surface area (Å²) in [6, 6.07) is 5.92. The van der Waals surface area contributed by atoms with Crippen LogP contribution >= 0.6 is 0 Å². The molecule has 1 aromatic heterocycles. The summed E-state index contributed by atoms with van der Waals surface area (Å²) < 4.78 is 6.04. The zero-order valence-electron chi connectivity index (χ0n) is 12.0. The molecule has 112 valence electrons. The van der Waals surface area contributed by atoms with Crippen LogP contribution in [0.3, 0.4) is 0 Å². The maximum atomic E-state index is 11.5. The Labute approximate surface area is 131 Å². The fraction of sp³-hybridized carbons (Fsp3) is 0.0556. The molecule has 5 nitrogen and oxygen atoms in total. The first-order chi connectivity index (χ1) is 11.2. The first-order valence-electron chi connectivity index (χ1n) is 7.34. The second-order valence-electron chi connectivity index (χ2n) is 5.75. The number of H-pyrrole nitrogens is 1. The lowest BCUT2D eigenvalue weighted by molar-refractivity contribution is -0.132. The van der Waals surface area contributed by atoms with E-state index in [-0.39, 0.29) is 5.92 Å². The van der Waals surface area contributed by atoms with Crippen LogP contribution in [0.15, 0.2) is 65.4 Å². The minimum absolute atomic E-state index is 0.310. The number of carbonyl (C=O) groups is 1. The quantitative estimate of drug-likeness (QED) is 0.757. The standard InChI is InChI=1S/C18H12N2O3/c21-18(22)12-8-20-14-2-4-16-11(17(12)14)7-10-9-5-6-19-13(9)1-3-15(10)23-16/h1-8,17,19-20H,(H,21,22). The molecule has 0 saturated carbocycles. The van der Waals surface area contributed by atoms with Crippen LogP contribution in [-0.2, 0) is 4.79 Å². The molecule has 5 heteroatoms. The Morgan fingerprint density at radius 2 is 2.13 bits per heavy atom. The first kappa shape index (κ1) is 12.3. The van der Waals surface area contributed by atoms with Gasteiger partial charge in [-0.25, -0.2) is 4.79 Å². The van der Waals surface area contributed by atoms with Crippen LogP contribution in [0.1, 0.15) is 5.56 Å². The normalized spacial score (nSPS) is 21.0. The van der Waals surface area contributed by atoms with Crippen molar-refractivity contribution in [3.63, 3.8) is 0 Å². The van der Waals surface area contributed by atoms with Gasteiger partial charge >= 0.3 is 5.97 Å². The van der Waals surface area contributed by atoms with Gasteiger partial charge in [0.15, 0.2) is 0 Å². The van der Waals surface area contributed by atoms with Crippen molar-refractivity contribution in [3.05, 3.63) is 70.9 Å². The Balaban J connectivity index is 1.74. The minimum atomic E-state index is -0.918. The van der Waals surface area contributed by atoms with Gasteiger partial charge in [0.1, 0.15) is 11.5 Å². The van der Waals surface area contributed by atoms with E-state index in [4.69, 9.17) is 4.74 Å². The van der Waals surface area contributed by atoms with Crippen molar-refractivity contribution >= 4 is 22.9 Å². The van der Waals surface area contributed by atoms with E-state index in [1.807, 2.05) is 42.6 Å². The number of carboxylic acids is 1. The molecule has 0 bridgehead atoms. The zero-order valence-corrected chi connectivity index (χ0v) is 12.0. The van der Waals surface area contributed by atoms with Crippen molar-refractivity contribution in [1.29, 1.82) is 0 Å². The van der Waals surface area contributed by atoms with E-state index in [1.165, 1.54) is 0 Å². The fourth-order valence-electron chi connectivity index (χ4n) is 3.46. The van der Waals surface area contributed by atoms with Crippen LogP contribution in [0, 0.1) is 5.92 Å². The van der Waals surface area contributed by atoms with Gasteiger partial charge in [-0.15, -0.1) is 0 Å². The van der Waals surface area contributed by atoms with Crippen LogP contribution in [0.2, 0.25) is 0 Å². The lowest BCUT2D eigenvalue weighted by atomic mass is 9.83.